The minimum absolute atomic E-state index is 0. The first-order valence-electron chi connectivity index (χ1n) is 4.71. The summed E-state index contributed by atoms with van der Waals surface area (Å²) >= 11 is 0. The minimum atomic E-state index is -0.157. The molecule has 1 N–H and O–H groups in total. The van der Waals surface area contributed by atoms with Crippen molar-refractivity contribution in [2.75, 3.05) is 12.4 Å². The minimum Gasteiger partial charge on any atom is -0.469 e. The Kier molecular flexibility index (Phi) is 3.97. The van der Waals surface area contributed by atoms with Crippen LogP contribution in [0.4, 0.5) is 5.69 Å². The van der Waals surface area contributed by atoms with E-state index >= 15 is 0 Å². The Hall–Kier alpha value is -1.22. The van der Waals surface area contributed by atoms with Gasteiger partial charge >= 0.3 is 5.97 Å². The number of methoxy groups -OCH3 is 1. The van der Waals surface area contributed by atoms with Crippen LogP contribution in [0.2, 0.25) is 0 Å². The van der Waals surface area contributed by atoms with Gasteiger partial charge in [-0.3, -0.25) is 4.79 Å². The van der Waals surface area contributed by atoms with Crippen molar-refractivity contribution in [1.29, 1.82) is 0 Å². The summed E-state index contributed by atoms with van der Waals surface area (Å²) in [6.45, 7) is 0. The third-order valence-electron chi connectivity index (χ3n) is 2.48. The SMILES string of the molecule is COC(=O)CC1Cc2ccccc2N1.Cl. The first-order valence-corrected chi connectivity index (χ1v) is 4.71. The van der Waals surface area contributed by atoms with Crippen LogP contribution in [0.1, 0.15) is 12.0 Å². The molecule has 1 aliphatic rings. The lowest BCUT2D eigenvalue weighted by molar-refractivity contribution is -0.140. The molecule has 0 saturated carbocycles. The van der Waals surface area contributed by atoms with Gasteiger partial charge in [0.1, 0.15) is 0 Å². The third kappa shape index (κ3) is 2.63. The van der Waals surface area contributed by atoms with E-state index in [1.807, 2.05) is 18.2 Å². The first kappa shape index (κ1) is 11.9. The van der Waals surface area contributed by atoms with E-state index in [9.17, 15) is 4.79 Å². The Bertz CT molecular complexity index is 329. The lowest BCUT2D eigenvalue weighted by Crippen LogP contribution is -2.20. The maximum absolute atomic E-state index is 11.1. The van der Waals surface area contributed by atoms with Crippen molar-refractivity contribution in [1.82, 2.24) is 0 Å². The summed E-state index contributed by atoms with van der Waals surface area (Å²) < 4.78 is 4.63. The Morgan fingerprint density at radius 3 is 2.93 bits per heavy atom. The van der Waals surface area contributed by atoms with Crippen molar-refractivity contribution < 1.29 is 9.53 Å². The second-order valence-corrected chi connectivity index (χ2v) is 3.48. The van der Waals surface area contributed by atoms with Gasteiger partial charge in [0.15, 0.2) is 0 Å². The van der Waals surface area contributed by atoms with E-state index in [-0.39, 0.29) is 24.4 Å². The Morgan fingerprint density at radius 2 is 2.27 bits per heavy atom. The molecule has 1 aromatic rings. The van der Waals surface area contributed by atoms with Crippen molar-refractivity contribution in [3.63, 3.8) is 0 Å². The van der Waals surface area contributed by atoms with Gasteiger partial charge < -0.3 is 10.1 Å². The standard InChI is InChI=1S/C11H13NO2.ClH/c1-14-11(13)7-9-6-8-4-2-3-5-10(8)12-9;/h2-5,9,12H,6-7H2,1H3;1H. The molecule has 0 aromatic heterocycles. The number of halogens is 1. The summed E-state index contributed by atoms with van der Waals surface area (Å²) in [6, 6.07) is 8.32. The highest BCUT2D eigenvalue weighted by atomic mass is 35.5. The quantitative estimate of drug-likeness (QED) is 0.786. The van der Waals surface area contributed by atoms with Crippen molar-refractivity contribution in [3.8, 4) is 0 Å². The van der Waals surface area contributed by atoms with Gasteiger partial charge in [-0.2, -0.15) is 0 Å². The smallest absolute Gasteiger partial charge is 0.307 e. The molecule has 0 aliphatic carbocycles. The number of esters is 1. The normalized spacial score (nSPS) is 17.3. The van der Waals surface area contributed by atoms with Crippen LogP contribution in [-0.4, -0.2) is 19.1 Å². The number of ether oxygens (including phenoxy) is 1. The van der Waals surface area contributed by atoms with Crippen molar-refractivity contribution >= 4 is 24.1 Å². The fraction of sp³-hybridized carbons (Fsp3) is 0.364. The number of hydrogen-bond donors (Lipinski definition) is 1. The molecule has 0 bridgehead atoms. The maximum atomic E-state index is 11.1. The number of nitrogens with one attached hydrogen (secondary N) is 1. The lowest BCUT2D eigenvalue weighted by atomic mass is 10.1. The molecule has 0 saturated heterocycles. The van der Waals surface area contributed by atoms with E-state index in [0.29, 0.717) is 6.42 Å². The van der Waals surface area contributed by atoms with Crippen LogP contribution in [0, 0.1) is 0 Å². The van der Waals surface area contributed by atoms with E-state index in [2.05, 4.69) is 16.1 Å². The van der Waals surface area contributed by atoms with Gasteiger partial charge in [-0.1, -0.05) is 18.2 Å². The highest BCUT2D eigenvalue weighted by Crippen LogP contribution is 2.26. The average Bonchev–Trinajstić information content (AvgIpc) is 2.59. The maximum Gasteiger partial charge on any atom is 0.307 e. The fourth-order valence-electron chi connectivity index (χ4n) is 1.78. The summed E-state index contributed by atoms with van der Waals surface area (Å²) in [6.07, 6.45) is 1.34. The Morgan fingerprint density at radius 1 is 1.53 bits per heavy atom. The molecule has 4 heteroatoms. The lowest BCUT2D eigenvalue weighted by Gasteiger charge is -2.08. The molecule has 82 valence electrons. The molecule has 1 aliphatic heterocycles. The highest BCUT2D eigenvalue weighted by molar-refractivity contribution is 5.85. The molecular weight excluding hydrogens is 214 g/mol. The van der Waals surface area contributed by atoms with Crippen LogP contribution in [0.25, 0.3) is 0 Å². The van der Waals surface area contributed by atoms with Gasteiger partial charge in [0.05, 0.1) is 13.5 Å². The number of fused-ring (bicyclic) bond motifs is 1. The molecule has 3 nitrogen and oxygen atoms in total. The molecule has 0 fully saturated rings. The highest BCUT2D eigenvalue weighted by Gasteiger charge is 2.22. The largest absolute Gasteiger partial charge is 0.469 e. The molecule has 1 atom stereocenters. The van der Waals surface area contributed by atoms with Crippen molar-refractivity contribution in [2.45, 2.75) is 18.9 Å². The zero-order valence-corrected chi connectivity index (χ0v) is 9.34. The third-order valence-corrected chi connectivity index (χ3v) is 2.48. The molecule has 0 radical (unpaired) electrons. The van der Waals surface area contributed by atoms with E-state index < -0.39 is 0 Å². The number of benzene rings is 1. The summed E-state index contributed by atoms with van der Waals surface area (Å²) in [5.74, 6) is -0.157. The molecule has 0 amide bonds. The topological polar surface area (TPSA) is 38.3 Å². The Balaban J connectivity index is 0.00000112. The molecular formula is C11H14ClNO2. The van der Waals surface area contributed by atoms with E-state index in [1.54, 1.807) is 0 Å². The second kappa shape index (κ2) is 5.03. The van der Waals surface area contributed by atoms with Gasteiger partial charge in [-0.15, -0.1) is 12.4 Å². The van der Waals surface area contributed by atoms with Gasteiger partial charge in [-0.05, 0) is 18.1 Å². The molecule has 15 heavy (non-hydrogen) atoms. The van der Waals surface area contributed by atoms with Gasteiger partial charge in [0, 0.05) is 11.7 Å². The summed E-state index contributed by atoms with van der Waals surface area (Å²) in [5.41, 5.74) is 2.42. The predicted octanol–water partition coefficient (Wildman–Crippen LogP) is 2.01. The Labute approximate surface area is 95.2 Å². The number of para-hydroxylation sites is 1. The van der Waals surface area contributed by atoms with Crippen LogP contribution in [0.15, 0.2) is 24.3 Å². The molecule has 1 unspecified atom stereocenters. The van der Waals surface area contributed by atoms with Gasteiger partial charge in [0.25, 0.3) is 0 Å². The summed E-state index contributed by atoms with van der Waals surface area (Å²) in [5, 5.41) is 3.30. The first-order chi connectivity index (χ1) is 6.79. The van der Waals surface area contributed by atoms with E-state index in [4.69, 9.17) is 0 Å². The summed E-state index contributed by atoms with van der Waals surface area (Å²) in [7, 11) is 1.42. The van der Waals surface area contributed by atoms with Crippen LogP contribution in [0.5, 0.6) is 0 Å². The molecule has 2 rings (SSSR count). The predicted molar refractivity (Wildman–Crippen MR) is 61.4 cm³/mol. The number of anilines is 1. The monoisotopic (exact) mass is 227 g/mol. The van der Waals surface area contributed by atoms with Gasteiger partial charge in [-0.25, -0.2) is 0 Å². The second-order valence-electron chi connectivity index (χ2n) is 3.48. The zero-order valence-electron chi connectivity index (χ0n) is 8.53. The van der Waals surface area contributed by atoms with Crippen LogP contribution in [-0.2, 0) is 16.0 Å². The average molecular weight is 228 g/mol. The van der Waals surface area contributed by atoms with Crippen molar-refractivity contribution in [2.24, 2.45) is 0 Å². The van der Waals surface area contributed by atoms with Crippen molar-refractivity contribution in [3.05, 3.63) is 29.8 Å². The molecule has 1 heterocycles. The molecule has 0 spiro atoms. The fourth-order valence-corrected chi connectivity index (χ4v) is 1.78. The summed E-state index contributed by atoms with van der Waals surface area (Å²) in [4.78, 5) is 11.1. The number of rotatable bonds is 2. The number of carbonyl (C=O) groups is 1. The van der Waals surface area contributed by atoms with E-state index in [0.717, 1.165) is 12.1 Å². The zero-order chi connectivity index (χ0) is 9.97. The van der Waals surface area contributed by atoms with Crippen LogP contribution in [0.3, 0.4) is 0 Å². The number of carbonyl (C=O) groups excluding carboxylic acids is 1. The number of hydrogen-bond acceptors (Lipinski definition) is 3. The van der Waals surface area contributed by atoms with Gasteiger partial charge in [0.2, 0.25) is 0 Å². The van der Waals surface area contributed by atoms with Crippen LogP contribution >= 0.6 is 12.4 Å². The van der Waals surface area contributed by atoms with E-state index in [1.165, 1.54) is 12.7 Å². The molecule has 1 aromatic carbocycles. The van der Waals surface area contributed by atoms with Crippen LogP contribution < -0.4 is 5.32 Å².